The standard InChI is InChI=1S/C9H8BrNOS/c1-12-7-4-6(10)5-2-3-13-9(5)8(7)11/h2-4H,11H2,1H3. The van der Waals surface area contributed by atoms with E-state index in [9.17, 15) is 0 Å². The van der Waals surface area contributed by atoms with Gasteiger partial charge in [0.05, 0.1) is 17.5 Å². The third kappa shape index (κ3) is 1.30. The van der Waals surface area contributed by atoms with E-state index in [1.807, 2.05) is 17.5 Å². The Hall–Kier alpha value is -0.740. The molecule has 0 radical (unpaired) electrons. The van der Waals surface area contributed by atoms with Crippen molar-refractivity contribution >= 4 is 43.0 Å². The normalized spacial score (nSPS) is 10.6. The fourth-order valence-electron chi connectivity index (χ4n) is 1.26. The van der Waals surface area contributed by atoms with Gasteiger partial charge in [0.1, 0.15) is 5.75 Å². The first kappa shape index (κ1) is 8.84. The Labute approximate surface area is 88.4 Å². The number of hydrogen-bond donors (Lipinski definition) is 1. The van der Waals surface area contributed by atoms with E-state index in [0.29, 0.717) is 0 Å². The van der Waals surface area contributed by atoms with Crippen molar-refractivity contribution in [3.8, 4) is 5.75 Å². The minimum atomic E-state index is 0.718. The number of nitrogens with two attached hydrogens (primary N) is 1. The first-order chi connectivity index (χ1) is 6.24. The zero-order valence-corrected chi connectivity index (χ0v) is 9.41. The predicted octanol–water partition coefficient (Wildman–Crippen LogP) is 3.25. The summed E-state index contributed by atoms with van der Waals surface area (Å²) in [5, 5.41) is 3.16. The molecule has 4 heteroatoms. The molecule has 0 aliphatic carbocycles. The predicted molar refractivity (Wildman–Crippen MR) is 60.5 cm³/mol. The highest BCUT2D eigenvalue weighted by Gasteiger charge is 2.09. The Bertz CT molecular complexity index is 452. The number of methoxy groups -OCH3 is 1. The lowest BCUT2D eigenvalue weighted by molar-refractivity contribution is 0.417. The summed E-state index contributed by atoms with van der Waals surface area (Å²) in [4.78, 5) is 0. The van der Waals surface area contributed by atoms with Crippen LogP contribution in [0, 0.1) is 0 Å². The monoisotopic (exact) mass is 257 g/mol. The van der Waals surface area contributed by atoms with Crippen LogP contribution < -0.4 is 10.5 Å². The lowest BCUT2D eigenvalue weighted by Gasteiger charge is -2.06. The van der Waals surface area contributed by atoms with Gasteiger partial charge in [-0.3, -0.25) is 0 Å². The summed E-state index contributed by atoms with van der Waals surface area (Å²) in [7, 11) is 1.62. The van der Waals surface area contributed by atoms with Crippen LogP contribution in [-0.4, -0.2) is 7.11 Å². The lowest BCUT2D eigenvalue weighted by Crippen LogP contribution is -1.92. The quantitative estimate of drug-likeness (QED) is 0.797. The van der Waals surface area contributed by atoms with E-state index in [1.54, 1.807) is 18.4 Å². The second-order valence-corrected chi connectivity index (χ2v) is 4.41. The lowest BCUT2D eigenvalue weighted by atomic mass is 10.2. The minimum Gasteiger partial charge on any atom is -0.495 e. The van der Waals surface area contributed by atoms with Gasteiger partial charge in [-0.2, -0.15) is 0 Å². The topological polar surface area (TPSA) is 35.2 Å². The van der Waals surface area contributed by atoms with Crippen molar-refractivity contribution in [1.82, 2.24) is 0 Å². The largest absolute Gasteiger partial charge is 0.495 e. The average molecular weight is 258 g/mol. The highest BCUT2D eigenvalue weighted by Crippen LogP contribution is 2.39. The van der Waals surface area contributed by atoms with Crippen molar-refractivity contribution in [2.24, 2.45) is 0 Å². The van der Waals surface area contributed by atoms with Gasteiger partial charge in [-0.25, -0.2) is 0 Å². The van der Waals surface area contributed by atoms with E-state index in [2.05, 4.69) is 15.9 Å². The van der Waals surface area contributed by atoms with Gasteiger partial charge < -0.3 is 10.5 Å². The van der Waals surface area contributed by atoms with E-state index in [-0.39, 0.29) is 0 Å². The number of thiophene rings is 1. The van der Waals surface area contributed by atoms with Crippen LogP contribution in [-0.2, 0) is 0 Å². The average Bonchev–Trinajstić information content (AvgIpc) is 2.60. The molecule has 0 spiro atoms. The Kier molecular flexibility index (Phi) is 2.17. The van der Waals surface area contributed by atoms with E-state index < -0.39 is 0 Å². The fraction of sp³-hybridized carbons (Fsp3) is 0.111. The van der Waals surface area contributed by atoms with Crippen molar-refractivity contribution < 1.29 is 4.74 Å². The molecule has 0 atom stereocenters. The molecule has 0 bridgehead atoms. The van der Waals surface area contributed by atoms with Crippen LogP contribution in [0.4, 0.5) is 5.69 Å². The first-order valence-electron chi connectivity index (χ1n) is 3.73. The van der Waals surface area contributed by atoms with Crippen LogP contribution in [0.5, 0.6) is 5.75 Å². The van der Waals surface area contributed by atoms with E-state index in [1.165, 1.54) is 0 Å². The minimum absolute atomic E-state index is 0.718. The van der Waals surface area contributed by atoms with Gasteiger partial charge >= 0.3 is 0 Å². The Morgan fingerprint density at radius 1 is 1.54 bits per heavy atom. The zero-order chi connectivity index (χ0) is 9.42. The molecule has 2 nitrogen and oxygen atoms in total. The summed E-state index contributed by atoms with van der Waals surface area (Å²) >= 11 is 5.10. The van der Waals surface area contributed by atoms with Crippen LogP contribution in [0.3, 0.4) is 0 Å². The number of hydrogen-bond acceptors (Lipinski definition) is 3. The number of fused-ring (bicyclic) bond motifs is 1. The number of nitrogen functional groups attached to an aromatic ring is 1. The number of ether oxygens (including phenoxy) is 1. The molecule has 0 fully saturated rings. The maximum Gasteiger partial charge on any atom is 0.144 e. The highest BCUT2D eigenvalue weighted by molar-refractivity contribution is 9.10. The zero-order valence-electron chi connectivity index (χ0n) is 7.00. The SMILES string of the molecule is COc1cc(Br)c2ccsc2c1N. The number of rotatable bonds is 1. The molecule has 0 aliphatic heterocycles. The molecule has 0 amide bonds. The molecule has 0 saturated heterocycles. The molecule has 13 heavy (non-hydrogen) atoms. The van der Waals surface area contributed by atoms with Gasteiger partial charge in [0.15, 0.2) is 0 Å². The van der Waals surface area contributed by atoms with Crippen molar-refractivity contribution in [3.63, 3.8) is 0 Å². The van der Waals surface area contributed by atoms with Gasteiger partial charge in [0, 0.05) is 9.86 Å². The molecule has 0 aliphatic rings. The molecule has 0 saturated carbocycles. The van der Waals surface area contributed by atoms with Crippen molar-refractivity contribution in [2.45, 2.75) is 0 Å². The number of halogens is 1. The van der Waals surface area contributed by atoms with Crippen molar-refractivity contribution in [1.29, 1.82) is 0 Å². The molecule has 1 heterocycles. The maximum atomic E-state index is 5.91. The van der Waals surface area contributed by atoms with Crippen LogP contribution in [0.25, 0.3) is 10.1 Å². The molecule has 68 valence electrons. The van der Waals surface area contributed by atoms with Gasteiger partial charge in [-0.05, 0) is 33.4 Å². The smallest absolute Gasteiger partial charge is 0.144 e. The fourth-order valence-corrected chi connectivity index (χ4v) is 2.80. The highest BCUT2D eigenvalue weighted by atomic mass is 79.9. The second kappa shape index (κ2) is 3.20. The molecule has 1 aromatic heterocycles. The Morgan fingerprint density at radius 2 is 2.31 bits per heavy atom. The van der Waals surface area contributed by atoms with E-state index in [0.717, 1.165) is 26.0 Å². The second-order valence-electron chi connectivity index (χ2n) is 2.64. The number of benzene rings is 1. The summed E-state index contributed by atoms with van der Waals surface area (Å²) in [6.45, 7) is 0. The molecule has 0 unspecified atom stereocenters. The molecule has 2 rings (SSSR count). The molecule has 2 N–H and O–H groups in total. The number of anilines is 1. The van der Waals surface area contributed by atoms with Gasteiger partial charge in [0.2, 0.25) is 0 Å². The van der Waals surface area contributed by atoms with Crippen molar-refractivity contribution in [3.05, 3.63) is 22.0 Å². The molecular formula is C9H8BrNOS. The van der Waals surface area contributed by atoms with Crippen LogP contribution in [0.15, 0.2) is 22.0 Å². The van der Waals surface area contributed by atoms with Crippen molar-refractivity contribution in [2.75, 3.05) is 12.8 Å². The summed E-state index contributed by atoms with van der Waals surface area (Å²) in [6, 6.07) is 3.93. The third-order valence-electron chi connectivity index (χ3n) is 1.91. The van der Waals surface area contributed by atoms with Crippen LogP contribution >= 0.6 is 27.3 Å². The maximum absolute atomic E-state index is 5.91. The Balaban J connectivity index is 2.85. The Morgan fingerprint density at radius 3 is 3.00 bits per heavy atom. The van der Waals surface area contributed by atoms with E-state index >= 15 is 0 Å². The van der Waals surface area contributed by atoms with Gasteiger partial charge in [0.25, 0.3) is 0 Å². The van der Waals surface area contributed by atoms with E-state index in [4.69, 9.17) is 10.5 Å². The summed E-state index contributed by atoms with van der Waals surface area (Å²) < 4.78 is 7.25. The third-order valence-corrected chi connectivity index (χ3v) is 3.51. The van der Waals surface area contributed by atoms with Crippen LogP contribution in [0.1, 0.15) is 0 Å². The summed E-state index contributed by atoms with van der Waals surface area (Å²) in [5.41, 5.74) is 6.63. The van der Waals surface area contributed by atoms with Gasteiger partial charge in [-0.1, -0.05) is 0 Å². The molecular weight excluding hydrogens is 250 g/mol. The molecule has 2 aromatic rings. The first-order valence-corrected chi connectivity index (χ1v) is 5.40. The molecule has 1 aromatic carbocycles. The van der Waals surface area contributed by atoms with Crippen LogP contribution in [0.2, 0.25) is 0 Å². The summed E-state index contributed by atoms with van der Waals surface area (Å²) in [6.07, 6.45) is 0. The summed E-state index contributed by atoms with van der Waals surface area (Å²) in [5.74, 6) is 0.724. The van der Waals surface area contributed by atoms with Gasteiger partial charge in [-0.15, -0.1) is 11.3 Å².